The first-order chi connectivity index (χ1) is 7.84. The Morgan fingerprint density at radius 3 is 2.94 bits per heavy atom. The van der Waals surface area contributed by atoms with Crippen molar-refractivity contribution in [3.8, 4) is 5.75 Å². The molecule has 80 valence electrons. The Labute approximate surface area is 96.7 Å². The van der Waals surface area contributed by atoms with Gasteiger partial charge < -0.3 is 10.1 Å². The molecule has 1 aliphatic heterocycles. The maximum Gasteiger partial charge on any atom is 0.258 e. The van der Waals surface area contributed by atoms with Crippen LogP contribution in [-0.2, 0) is 0 Å². The highest BCUT2D eigenvalue weighted by molar-refractivity contribution is 7.07. The van der Waals surface area contributed by atoms with Gasteiger partial charge in [-0.05, 0) is 29.0 Å². The molecule has 1 aromatic heterocycles. The molecule has 1 atom stereocenters. The van der Waals surface area contributed by atoms with E-state index in [-0.39, 0.29) is 12.1 Å². The smallest absolute Gasteiger partial charge is 0.258 e. The van der Waals surface area contributed by atoms with Crippen molar-refractivity contribution >= 4 is 17.2 Å². The Hall–Kier alpha value is -1.81. The summed E-state index contributed by atoms with van der Waals surface area (Å²) in [5.74, 6) is 0.556. The van der Waals surface area contributed by atoms with Gasteiger partial charge in [-0.25, -0.2) is 0 Å². The topological polar surface area (TPSA) is 38.3 Å². The predicted molar refractivity (Wildman–Crippen MR) is 61.6 cm³/mol. The molecule has 3 rings (SSSR count). The second-order valence-corrected chi connectivity index (χ2v) is 4.30. The summed E-state index contributed by atoms with van der Waals surface area (Å²) in [5.41, 5.74) is 1.57. The molecule has 4 heteroatoms. The van der Waals surface area contributed by atoms with Gasteiger partial charge in [-0.3, -0.25) is 4.79 Å². The minimum absolute atomic E-state index is 0.0851. The molecule has 0 fully saturated rings. The lowest BCUT2D eigenvalue weighted by atomic mass is 10.1. The van der Waals surface area contributed by atoms with E-state index in [2.05, 4.69) is 5.32 Å². The van der Waals surface area contributed by atoms with Gasteiger partial charge in [0.1, 0.15) is 5.75 Å². The van der Waals surface area contributed by atoms with Crippen LogP contribution in [0, 0.1) is 0 Å². The normalized spacial score (nSPS) is 18.5. The lowest BCUT2D eigenvalue weighted by molar-refractivity contribution is 0.0757. The molecule has 1 aliphatic rings. The number of carbonyl (C=O) groups is 1. The van der Waals surface area contributed by atoms with Crippen molar-refractivity contribution in [2.24, 2.45) is 0 Å². The van der Waals surface area contributed by atoms with E-state index < -0.39 is 0 Å². The minimum atomic E-state index is -0.367. The van der Waals surface area contributed by atoms with Crippen LogP contribution in [0.1, 0.15) is 22.1 Å². The summed E-state index contributed by atoms with van der Waals surface area (Å²) in [4.78, 5) is 11.8. The molecule has 2 heterocycles. The molecule has 1 N–H and O–H groups in total. The molecule has 3 nitrogen and oxygen atoms in total. The molecule has 0 unspecified atom stereocenters. The lowest BCUT2D eigenvalue weighted by Gasteiger charge is -2.26. The molecule has 0 saturated carbocycles. The molecule has 0 bridgehead atoms. The van der Waals surface area contributed by atoms with Gasteiger partial charge in [-0.2, -0.15) is 11.3 Å². The number of fused-ring (bicyclic) bond motifs is 1. The summed E-state index contributed by atoms with van der Waals surface area (Å²) in [6.07, 6.45) is -0.367. The second-order valence-electron chi connectivity index (χ2n) is 3.52. The molecule has 0 aliphatic carbocycles. The summed E-state index contributed by atoms with van der Waals surface area (Å²) >= 11 is 1.58. The van der Waals surface area contributed by atoms with Gasteiger partial charge in [0.05, 0.1) is 5.56 Å². The van der Waals surface area contributed by atoms with Gasteiger partial charge in [-0.15, -0.1) is 0 Å². The molecule has 1 amide bonds. The highest BCUT2D eigenvalue weighted by Crippen LogP contribution is 2.29. The van der Waals surface area contributed by atoms with E-state index in [1.54, 1.807) is 17.4 Å². The Kier molecular flexibility index (Phi) is 2.15. The van der Waals surface area contributed by atoms with E-state index in [9.17, 15) is 4.79 Å². The summed E-state index contributed by atoms with van der Waals surface area (Å²) in [5, 5.41) is 6.76. The van der Waals surface area contributed by atoms with E-state index in [1.165, 1.54) is 0 Å². The van der Waals surface area contributed by atoms with Crippen LogP contribution in [0.3, 0.4) is 0 Å². The molecular formula is C12H9NO2S. The number of hydrogen-bond acceptors (Lipinski definition) is 3. The molecule has 0 spiro atoms. The monoisotopic (exact) mass is 231 g/mol. The van der Waals surface area contributed by atoms with Crippen LogP contribution in [-0.4, -0.2) is 5.91 Å². The fourth-order valence-corrected chi connectivity index (χ4v) is 2.36. The molecular weight excluding hydrogens is 222 g/mol. The second kappa shape index (κ2) is 3.64. The first kappa shape index (κ1) is 9.42. The maximum atomic E-state index is 11.8. The highest BCUT2D eigenvalue weighted by atomic mass is 32.1. The van der Waals surface area contributed by atoms with Gasteiger partial charge >= 0.3 is 0 Å². The fraction of sp³-hybridized carbons (Fsp3) is 0.0833. The molecule has 0 radical (unpaired) electrons. The van der Waals surface area contributed by atoms with Crippen LogP contribution in [0.2, 0.25) is 0 Å². The molecule has 0 saturated heterocycles. The third-order valence-corrected chi connectivity index (χ3v) is 3.19. The van der Waals surface area contributed by atoms with E-state index >= 15 is 0 Å². The Morgan fingerprint density at radius 1 is 1.25 bits per heavy atom. The SMILES string of the molecule is O=C1N[C@@H](c2ccsc2)Oc2ccccc21. The van der Waals surface area contributed by atoms with Crippen LogP contribution in [0.15, 0.2) is 41.1 Å². The van der Waals surface area contributed by atoms with Crippen molar-refractivity contribution in [3.05, 3.63) is 52.2 Å². The fourth-order valence-electron chi connectivity index (χ4n) is 1.69. The maximum absolute atomic E-state index is 11.8. The van der Waals surface area contributed by atoms with Crippen molar-refractivity contribution in [1.82, 2.24) is 5.32 Å². The van der Waals surface area contributed by atoms with Crippen molar-refractivity contribution in [2.75, 3.05) is 0 Å². The zero-order valence-electron chi connectivity index (χ0n) is 8.34. The number of benzene rings is 1. The number of carbonyl (C=O) groups excluding carboxylic acids is 1. The zero-order valence-corrected chi connectivity index (χ0v) is 9.16. The van der Waals surface area contributed by atoms with Crippen molar-refractivity contribution < 1.29 is 9.53 Å². The van der Waals surface area contributed by atoms with E-state index in [0.29, 0.717) is 11.3 Å². The lowest BCUT2D eigenvalue weighted by Crippen LogP contribution is -2.36. The first-order valence-corrected chi connectivity index (χ1v) is 5.87. The first-order valence-electron chi connectivity index (χ1n) is 4.93. The van der Waals surface area contributed by atoms with E-state index in [1.807, 2.05) is 35.0 Å². The molecule has 16 heavy (non-hydrogen) atoms. The average Bonchev–Trinajstić information content (AvgIpc) is 2.82. The Morgan fingerprint density at radius 2 is 2.12 bits per heavy atom. The van der Waals surface area contributed by atoms with E-state index in [0.717, 1.165) is 5.56 Å². The van der Waals surface area contributed by atoms with Crippen molar-refractivity contribution in [3.63, 3.8) is 0 Å². The van der Waals surface area contributed by atoms with E-state index in [4.69, 9.17) is 4.74 Å². The van der Waals surface area contributed by atoms with Crippen LogP contribution < -0.4 is 10.1 Å². The highest BCUT2D eigenvalue weighted by Gasteiger charge is 2.26. The average molecular weight is 231 g/mol. The quantitative estimate of drug-likeness (QED) is 0.819. The Balaban J connectivity index is 1.98. The standard InChI is InChI=1S/C12H9NO2S/c14-11-9-3-1-2-4-10(9)15-12(13-11)8-5-6-16-7-8/h1-7,12H,(H,13,14)/t12-/m1/s1. The molecule has 1 aromatic carbocycles. The van der Waals surface area contributed by atoms with Crippen LogP contribution in [0.25, 0.3) is 0 Å². The van der Waals surface area contributed by atoms with Gasteiger partial charge in [-0.1, -0.05) is 12.1 Å². The minimum Gasteiger partial charge on any atom is -0.466 e. The number of rotatable bonds is 1. The third-order valence-electron chi connectivity index (χ3n) is 2.48. The van der Waals surface area contributed by atoms with Gasteiger partial charge in [0.2, 0.25) is 0 Å². The summed E-state index contributed by atoms with van der Waals surface area (Å²) in [6, 6.07) is 9.21. The summed E-state index contributed by atoms with van der Waals surface area (Å²) in [7, 11) is 0. The zero-order chi connectivity index (χ0) is 11.0. The van der Waals surface area contributed by atoms with Crippen molar-refractivity contribution in [1.29, 1.82) is 0 Å². The number of hydrogen-bond donors (Lipinski definition) is 1. The number of nitrogens with one attached hydrogen (secondary N) is 1. The number of amides is 1. The Bertz CT molecular complexity index is 522. The number of thiophene rings is 1. The predicted octanol–water partition coefficient (Wildman–Crippen LogP) is 2.57. The van der Waals surface area contributed by atoms with Gasteiger partial charge in [0.15, 0.2) is 6.23 Å². The third kappa shape index (κ3) is 1.47. The van der Waals surface area contributed by atoms with Gasteiger partial charge in [0, 0.05) is 5.56 Å². The van der Waals surface area contributed by atoms with Crippen LogP contribution in [0.5, 0.6) is 5.75 Å². The number of ether oxygens (including phenoxy) is 1. The molecule has 2 aromatic rings. The van der Waals surface area contributed by atoms with Crippen molar-refractivity contribution in [2.45, 2.75) is 6.23 Å². The van der Waals surface area contributed by atoms with Crippen LogP contribution in [0.4, 0.5) is 0 Å². The van der Waals surface area contributed by atoms with Gasteiger partial charge in [0.25, 0.3) is 5.91 Å². The largest absolute Gasteiger partial charge is 0.466 e. The number of para-hydroxylation sites is 1. The van der Waals surface area contributed by atoms with Crippen LogP contribution >= 0.6 is 11.3 Å². The summed E-state index contributed by atoms with van der Waals surface area (Å²) < 4.78 is 5.72. The summed E-state index contributed by atoms with van der Waals surface area (Å²) in [6.45, 7) is 0.